The molecule has 21 heavy (non-hydrogen) atoms. The quantitative estimate of drug-likeness (QED) is 0.890. The van der Waals surface area contributed by atoms with Gasteiger partial charge in [-0.05, 0) is 43.7 Å². The number of nitrogens with one attached hydrogen (secondary N) is 1. The lowest BCUT2D eigenvalue weighted by atomic mass is 9.95. The van der Waals surface area contributed by atoms with Crippen molar-refractivity contribution >= 4 is 11.5 Å². The minimum atomic E-state index is 0.616. The van der Waals surface area contributed by atoms with Gasteiger partial charge in [-0.2, -0.15) is 0 Å². The van der Waals surface area contributed by atoms with Crippen LogP contribution in [0, 0.1) is 12.8 Å². The van der Waals surface area contributed by atoms with Crippen LogP contribution in [-0.4, -0.2) is 15.4 Å². The van der Waals surface area contributed by atoms with Crippen molar-refractivity contribution in [3.05, 3.63) is 29.6 Å². The van der Waals surface area contributed by atoms with Crippen molar-refractivity contribution < 1.29 is 0 Å². The maximum atomic E-state index is 4.86. The van der Waals surface area contributed by atoms with E-state index in [0.29, 0.717) is 12.0 Å². The highest BCUT2D eigenvalue weighted by Gasteiger charge is 2.19. The Hall–Kier alpha value is -1.51. The molecule has 3 rings (SSSR count). The van der Waals surface area contributed by atoms with Gasteiger partial charge in [0.2, 0.25) is 0 Å². The summed E-state index contributed by atoms with van der Waals surface area (Å²) >= 11 is 0. The van der Waals surface area contributed by atoms with Crippen molar-refractivity contribution in [3.8, 4) is 0 Å². The molecular formula is C18H27N3. The first-order valence-electron chi connectivity index (χ1n) is 8.37. The lowest BCUT2D eigenvalue weighted by molar-refractivity contribution is 0.461. The van der Waals surface area contributed by atoms with Crippen LogP contribution in [-0.2, 0) is 6.42 Å². The fourth-order valence-electron chi connectivity index (χ4n) is 3.32. The summed E-state index contributed by atoms with van der Waals surface area (Å²) in [5.41, 5.74) is 3.57. The van der Waals surface area contributed by atoms with Crippen molar-refractivity contribution in [3.63, 3.8) is 0 Å². The minimum Gasteiger partial charge on any atom is -0.367 e. The van der Waals surface area contributed by atoms with Crippen LogP contribution >= 0.6 is 0 Å². The fraction of sp³-hybridized carbons (Fsp3) is 0.611. The lowest BCUT2D eigenvalue weighted by Gasteiger charge is -2.24. The van der Waals surface area contributed by atoms with Gasteiger partial charge in [-0.1, -0.05) is 39.2 Å². The summed E-state index contributed by atoms with van der Waals surface area (Å²) < 4.78 is 2.25. The molecule has 2 heterocycles. The van der Waals surface area contributed by atoms with Crippen LogP contribution in [0.1, 0.15) is 57.2 Å². The van der Waals surface area contributed by atoms with Crippen LogP contribution < -0.4 is 5.32 Å². The first kappa shape index (κ1) is 14.4. The van der Waals surface area contributed by atoms with Crippen LogP contribution in [0.2, 0.25) is 0 Å². The largest absolute Gasteiger partial charge is 0.367 e. The lowest BCUT2D eigenvalue weighted by Crippen LogP contribution is -2.23. The number of hydrogen-bond donors (Lipinski definition) is 1. The number of hydrogen-bond acceptors (Lipinski definition) is 2. The molecule has 3 heteroatoms. The predicted molar refractivity (Wildman–Crippen MR) is 89.0 cm³/mol. The van der Waals surface area contributed by atoms with E-state index >= 15 is 0 Å². The number of aromatic nitrogens is 2. The second-order valence-corrected chi connectivity index (χ2v) is 6.92. The number of aryl methyl sites for hydroxylation is 1. The van der Waals surface area contributed by atoms with E-state index in [0.717, 1.165) is 12.1 Å². The number of imidazole rings is 1. The van der Waals surface area contributed by atoms with Crippen LogP contribution in [0.15, 0.2) is 18.3 Å². The molecule has 1 aliphatic carbocycles. The highest BCUT2D eigenvalue weighted by Crippen LogP contribution is 2.26. The number of anilines is 1. The average molecular weight is 285 g/mol. The van der Waals surface area contributed by atoms with Crippen molar-refractivity contribution in [2.24, 2.45) is 5.92 Å². The molecule has 0 radical (unpaired) electrons. The Morgan fingerprint density at radius 2 is 2.00 bits per heavy atom. The molecule has 1 saturated carbocycles. The third kappa shape index (κ3) is 3.22. The number of rotatable bonds is 4. The molecule has 0 unspecified atom stereocenters. The third-order valence-electron chi connectivity index (χ3n) is 4.39. The molecule has 0 aromatic carbocycles. The third-order valence-corrected chi connectivity index (χ3v) is 4.39. The van der Waals surface area contributed by atoms with Crippen molar-refractivity contribution in [2.75, 3.05) is 5.32 Å². The van der Waals surface area contributed by atoms with Crippen LogP contribution in [0.4, 0.5) is 5.82 Å². The molecule has 1 fully saturated rings. The smallest absolute Gasteiger partial charge is 0.138 e. The summed E-state index contributed by atoms with van der Waals surface area (Å²) in [7, 11) is 0. The van der Waals surface area contributed by atoms with Crippen LogP contribution in [0.3, 0.4) is 0 Å². The summed E-state index contributed by atoms with van der Waals surface area (Å²) in [5, 5.41) is 3.81. The van der Waals surface area contributed by atoms with Gasteiger partial charge in [-0.3, -0.25) is 4.40 Å². The zero-order valence-electron chi connectivity index (χ0n) is 13.5. The van der Waals surface area contributed by atoms with Gasteiger partial charge in [0.05, 0.1) is 5.69 Å². The Kier molecular flexibility index (Phi) is 4.18. The molecule has 0 spiro atoms. The van der Waals surface area contributed by atoms with E-state index in [9.17, 15) is 0 Å². The summed E-state index contributed by atoms with van der Waals surface area (Å²) in [6.07, 6.45) is 9.93. The molecule has 0 bridgehead atoms. The van der Waals surface area contributed by atoms with Gasteiger partial charge in [0.15, 0.2) is 0 Å². The number of nitrogens with zero attached hydrogens (tertiary/aromatic N) is 2. The van der Waals surface area contributed by atoms with Crippen molar-refractivity contribution in [1.82, 2.24) is 9.38 Å². The molecule has 2 aromatic heterocycles. The monoisotopic (exact) mass is 285 g/mol. The molecule has 0 atom stereocenters. The van der Waals surface area contributed by atoms with E-state index in [2.05, 4.69) is 48.8 Å². The average Bonchev–Trinajstić information content (AvgIpc) is 2.77. The molecule has 0 saturated heterocycles. The molecule has 3 nitrogen and oxygen atoms in total. The number of fused-ring (bicyclic) bond motifs is 1. The van der Waals surface area contributed by atoms with E-state index in [1.165, 1.54) is 49.2 Å². The van der Waals surface area contributed by atoms with E-state index in [1.807, 2.05) is 0 Å². The van der Waals surface area contributed by atoms with E-state index in [-0.39, 0.29) is 0 Å². The molecule has 0 amide bonds. The fourth-order valence-corrected chi connectivity index (χ4v) is 3.32. The first-order chi connectivity index (χ1) is 10.1. The van der Waals surface area contributed by atoms with E-state index < -0.39 is 0 Å². The Labute approximate surface area is 127 Å². The standard InChI is InChI=1S/C18H27N3/c1-13(2)11-16-18(19-15-7-5-4-6-8-15)21-12-14(3)9-10-17(21)20-16/h9-10,12-13,15,19H,4-8,11H2,1-3H3. The van der Waals surface area contributed by atoms with Gasteiger partial charge in [-0.25, -0.2) is 4.98 Å². The maximum absolute atomic E-state index is 4.86. The van der Waals surface area contributed by atoms with Crippen LogP contribution in [0.25, 0.3) is 5.65 Å². The molecule has 114 valence electrons. The molecule has 2 aromatic rings. The minimum absolute atomic E-state index is 0.616. The first-order valence-corrected chi connectivity index (χ1v) is 8.37. The zero-order chi connectivity index (χ0) is 14.8. The Morgan fingerprint density at radius 1 is 1.24 bits per heavy atom. The Bertz CT molecular complexity index is 606. The Morgan fingerprint density at radius 3 is 2.71 bits per heavy atom. The van der Waals surface area contributed by atoms with Crippen molar-refractivity contribution in [2.45, 2.75) is 65.3 Å². The van der Waals surface area contributed by atoms with E-state index in [4.69, 9.17) is 4.98 Å². The topological polar surface area (TPSA) is 29.3 Å². The SMILES string of the molecule is Cc1ccc2nc(CC(C)C)c(NC3CCCCC3)n2c1. The zero-order valence-corrected chi connectivity index (χ0v) is 13.5. The van der Waals surface area contributed by atoms with Gasteiger partial charge in [0.25, 0.3) is 0 Å². The van der Waals surface area contributed by atoms with Crippen molar-refractivity contribution in [1.29, 1.82) is 0 Å². The molecule has 1 N–H and O–H groups in total. The van der Waals surface area contributed by atoms with Crippen LogP contribution in [0.5, 0.6) is 0 Å². The second-order valence-electron chi connectivity index (χ2n) is 6.92. The van der Waals surface area contributed by atoms with Gasteiger partial charge >= 0.3 is 0 Å². The highest BCUT2D eigenvalue weighted by atomic mass is 15.1. The van der Waals surface area contributed by atoms with Gasteiger partial charge in [-0.15, -0.1) is 0 Å². The normalized spacial score (nSPS) is 16.8. The molecular weight excluding hydrogens is 258 g/mol. The molecule has 1 aliphatic rings. The highest BCUT2D eigenvalue weighted by molar-refractivity contribution is 5.56. The van der Waals surface area contributed by atoms with Gasteiger partial charge in [0.1, 0.15) is 11.5 Å². The summed E-state index contributed by atoms with van der Waals surface area (Å²) in [4.78, 5) is 4.86. The van der Waals surface area contributed by atoms with Gasteiger partial charge in [0, 0.05) is 12.2 Å². The summed E-state index contributed by atoms with van der Waals surface area (Å²) in [6, 6.07) is 4.89. The summed E-state index contributed by atoms with van der Waals surface area (Å²) in [6.45, 7) is 6.67. The Balaban J connectivity index is 1.96. The summed E-state index contributed by atoms with van der Waals surface area (Å²) in [5.74, 6) is 1.86. The second kappa shape index (κ2) is 6.08. The maximum Gasteiger partial charge on any atom is 0.138 e. The number of pyridine rings is 1. The van der Waals surface area contributed by atoms with Gasteiger partial charge < -0.3 is 5.32 Å². The molecule has 0 aliphatic heterocycles. The predicted octanol–water partition coefficient (Wildman–Crippen LogP) is 4.59. The van der Waals surface area contributed by atoms with E-state index in [1.54, 1.807) is 0 Å².